The van der Waals surface area contributed by atoms with E-state index in [-0.39, 0.29) is 11.9 Å². The van der Waals surface area contributed by atoms with E-state index in [1.807, 2.05) is 35.0 Å². The highest BCUT2D eigenvalue weighted by Crippen LogP contribution is 2.32. The number of carbonyl (C=O) groups excluding carboxylic acids is 1. The quantitative estimate of drug-likeness (QED) is 0.586. The van der Waals surface area contributed by atoms with E-state index in [0.717, 1.165) is 27.2 Å². The normalized spacial score (nSPS) is 15.3. The molecule has 3 heterocycles. The van der Waals surface area contributed by atoms with Gasteiger partial charge in [-0.1, -0.05) is 6.07 Å². The maximum Gasteiger partial charge on any atom is 0.274 e. The number of hydrogen-bond acceptors (Lipinski definition) is 5. The van der Waals surface area contributed by atoms with Crippen molar-refractivity contribution in [3.8, 4) is 11.3 Å². The molecule has 1 atom stereocenters. The highest BCUT2D eigenvalue weighted by molar-refractivity contribution is 7.16. The number of fused-ring (bicyclic) bond motifs is 2. The molecule has 3 aromatic heterocycles. The third kappa shape index (κ3) is 2.88. The lowest BCUT2D eigenvalue weighted by molar-refractivity contribution is 0.0933. The number of carbonyl (C=O) groups is 1. The van der Waals surface area contributed by atoms with Gasteiger partial charge in [-0.05, 0) is 50.8 Å². The number of aryl methyl sites for hydroxylation is 1. The number of imidazole rings is 1. The standard InChI is InChI=1S/C20H19N5OS/c1-11-7-15(14-5-6-17-16(8-14)22-10-27-17)24-19-18(21-9-25(11)19)20(26)23-12(2)13-3-4-13/h5-10,12-13H,3-4H2,1-2H3,(H,23,26). The van der Waals surface area contributed by atoms with Crippen LogP contribution in [-0.4, -0.2) is 31.3 Å². The lowest BCUT2D eigenvalue weighted by Crippen LogP contribution is -2.34. The fourth-order valence-electron chi connectivity index (χ4n) is 3.44. The van der Waals surface area contributed by atoms with Gasteiger partial charge in [-0.3, -0.25) is 9.20 Å². The molecule has 0 spiro atoms. The van der Waals surface area contributed by atoms with Crippen molar-refractivity contribution in [1.29, 1.82) is 0 Å². The number of hydrogen-bond donors (Lipinski definition) is 1. The molecule has 27 heavy (non-hydrogen) atoms. The van der Waals surface area contributed by atoms with Crippen molar-refractivity contribution in [1.82, 2.24) is 24.7 Å². The molecule has 0 aliphatic heterocycles. The van der Waals surface area contributed by atoms with Crippen LogP contribution in [0.25, 0.3) is 27.1 Å². The topological polar surface area (TPSA) is 72.2 Å². The summed E-state index contributed by atoms with van der Waals surface area (Å²) in [7, 11) is 0. The highest BCUT2D eigenvalue weighted by atomic mass is 32.1. The van der Waals surface area contributed by atoms with Gasteiger partial charge in [-0.15, -0.1) is 11.3 Å². The number of thiazole rings is 1. The van der Waals surface area contributed by atoms with E-state index in [4.69, 9.17) is 4.98 Å². The number of aromatic nitrogens is 4. The summed E-state index contributed by atoms with van der Waals surface area (Å²) >= 11 is 1.62. The van der Waals surface area contributed by atoms with Gasteiger partial charge in [0.2, 0.25) is 0 Å². The Morgan fingerprint density at radius 1 is 1.30 bits per heavy atom. The predicted octanol–water partition coefficient (Wildman–Crippen LogP) is 3.84. The molecule has 7 heteroatoms. The first-order valence-electron chi connectivity index (χ1n) is 9.09. The van der Waals surface area contributed by atoms with E-state index < -0.39 is 0 Å². The van der Waals surface area contributed by atoms with Gasteiger partial charge in [0.05, 0.1) is 21.4 Å². The summed E-state index contributed by atoms with van der Waals surface area (Å²) in [5.41, 5.74) is 6.55. The van der Waals surface area contributed by atoms with E-state index in [2.05, 4.69) is 28.3 Å². The summed E-state index contributed by atoms with van der Waals surface area (Å²) in [6.45, 7) is 4.05. The Labute approximate surface area is 160 Å². The molecule has 5 rings (SSSR count). The zero-order valence-corrected chi connectivity index (χ0v) is 16.0. The summed E-state index contributed by atoms with van der Waals surface area (Å²) in [5.74, 6) is 0.439. The largest absolute Gasteiger partial charge is 0.348 e. The Bertz CT molecular complexity index is 1170. The molecule has 4 aromatic rings. The zero-order chi connectivity index (χ0) is 18.5. The van der Waals surface area contributed by atoms with Crippen molar-refractivity contribution < 1.29 is 4.79 Å². The van der Waals surface area contributed by atoms with Gasteiger partial charge >= 0.3 is 0 Å². The lowest BCUT2D eigenvalue weighted by atomic mass is 10.1. The lowest BCUT2D eigenvalue weighted by Gasteiger charge is -2.12. The van der Waals surface area contributed by atoms with Gasteiger partial charge in [0, 0.05) is 17.3 Å². The van der Waals surface area contributed by atoms with Gasteiger partial charge in [-0.25, -0.2) is 15.0 Å². The summed E-state index contributed by atoms with van der Waals surface area (Å²) in [6, 6.07) is 8.33. The van der Waals surface area contributed by atoms with E-state index >= 15 is 0 Å². The minimum atomic E-state index is -0.157. The molecule has 1 fully saturated rings. The first-order chi connectivity index (χ1) is 13.1. The molecule has 136 valence electrons. The predicted molar refractivity (Wildman–Crippen MR) is 106 cm³/mol. The van der Waals surface area contributed by atoms with Crippen LogP contribution >= 0.6 is 11.3 Å². The van der Waals surface area contributed by atoms with Crippen LogP contribution in [0.3, 0.4) is 0 Å². The first kappa shape index (κ1) is 16.4. The number of amides is 1. The van der Waals surface area contributed by atoms with Crippen molar-refractivity contribution in [2.45, 2.75) is 32.7 Å². The Morgan fingerprint density at radius 3 is 2.96 bits per heavy atom. The number of benzene rings is 1. The van der Waals surface area contributed by atoms with Crippen molar-refractivity contribution in [2.75, 3.05) is 0 Å². The molecule has 1 unspecified atom stereocenters. The minimum Gasteiger partial charge on any atom is -0.348 e. The Balaban J connectivity index is 1.57. The van der Waals surface area contributed by atoms with Crippen LogP contribution in [0.2, 0.25) is 0 Å². The smallest absolute Gasteiger partial charge is 0.274 e. The number of nitrogens with one attached hydrogen (secondary N) is 1. The molecular weight excluding hydrogens is 358 g/mol. The molecule has 1 aliphatic carbocycles. The molecule has 1 N–H and O–H groups in total. The first-order valence-corrected chi connectivity index (χ1v) is 9.97. The van der Waals surface area contributed by atoms with E-state index in [1.54, 1.807) is 17.7 Å². The van der Waals surface area contributed by atoms with Crippen molar-refractivity contribution >= 4 is 33.1 Å². The molecule has 0 radical (unpaired) electrons. The fraction of sp³-hybridized carbons (Fsp3) is 0.300. The third-order valence-electron chi connectivity index (χ3n) is 5.22. The second-order valence-electron chi connectivity index (χ2n) is 7.20. The average molecular weight is 377 g/mol. The maximum atomic E-state index is 12.7. The monoisotopic (exact) mass is 377 g/mol. The summed E-state index contributed by atoms with van der Waals surface area (Å²) in [4.78, 5) is 26.2. The SMILES string of the molecule is Cc1cc(-c2ccc3scnc3c2)nc2c(C(=O)NC(C)C3CC3)ncn12. The molecule has 0 saturated heterocycles. The van der Waals surface area contributed by atoms with E-state index in [1.165, 1.54) is 12.8 Å². The van der Waals surface area contributed by atoms with Crippen LogP contribution in [0.4, 0.5) is 0 Å². The summed E-state index contributed by atoms with van der Waals surface area (Å²) in [6.07, 6.45) is 4.04. The molecule has 0 bridgehead atoms. The molecule has 1 saturated carbocycles. The van der Waals surface area contributed by atoms with E-state index in [0.29, 0.717) is 17.3 Å². The molecule has 6 nitrogen and oxygen atoms in total. The Hall–Kier alpha value is -2.80. The maximum absolute atomic E-state index is 12.7. The second-order valence-corrected chi connectivity index (χ2v) is 8.09. The molecule has 1 amide bonds. The van der Waals surface area contributed by atoms with Crippen LogP contribution in [0.15, 0.2) is 36.1 Å². The molecule has 1 aliphatic rings. The van der Waals surface area contributed by atoms with Gasteiger partial charge < -0.3 is 5.32 Å². The Kier molecular flexibility index (Phi) is 3.72. The van der Waals surface area contributed by atoms with Gasteiger partial charge in [0.1, 0.15) is 6.33 Å². The van der Waals surface area contributed by atoms with Crippen LogP contribution < -0.4 is 5.32 Å². The van der Waals surface area contributed by atoms with Crippen LogP contribution in [0, 0.1) is 12.8 Å². The van der Waals surface area contributed by atoms with Crippen molar-refractivity contribution in [3.05, 3.63) is 47.5 Å². The zero-order valence-electron chi connectivity index (χ0n) is 15.1. The minimum absolute atomic E-state index is 0.157. The van der Waals surface area contributed by atoms with Gasteiger partial charge in [0.25, 0.3) is 5.91 Å². The molecular formula is C20H19N5OS. The molecule has 1 aromatic carbocycles. The second kappa shape index (κ2) is 6.13. The van der Waals surface area contributed by atoms with Gasteiger partial charge in [-0.2, -0.15) is 0 Å². The third-order valence-corrected chi connectivity index (χ3v) is 6.03. The average Bonchev–Trinajstić information content (AvgIpc) is 3.25. The van der Waals surface area contributed by atoms with Gasteiger partial charge in [0.15, 0.2) is 11.3 Å². The highest BCUT2D eigenvalue weighted by Gasteiger charge is 2.30. The fourth-order valence-corrected chi connectivity index (χ4v) is 4.09. The van der Waals surface area contributed by atoms with Crippen LogP contribution in [0.1, 0.15) is 35.9 Å². The van der Waals surface area contributed by atoms with Crippen LogP contribution in [0.5, 0.6) is 0 Å². The van der Waals surface area contributed by atoms with Crippen molar-refractivity contribution in [3.63, 3.8) is 0 Å². The van der Waals surface area contributed by atoms with E-state index in [9.17, 15) is 4.79 Å². The summed E-state index contributed by atoms with van der Waals surface area (Å²) < 4.78 is 3.01. The van der Waals surface area contributed by atoms with Crippen molar-refractivity contribution in [2.24, 2.45) is 5.92 Å². The number of nitrogens with zero attached hydrogens (tertiary/aromatic N) is 4. The number of rotatable bonds is 4. The summed E-state index contributed by atoms with van der Waals surface area (Å²) in [5, 5.41) is 3.07. The Morgan fingerprint density at radius 2 is 2.15 bits per heavy atom. The van der Waals surface area contributed by atoms with Crippen LogP contribution in [-0.2, 0) is 0 Å².